The van der Waals surface area contributed by atoms with Gasteiger partial charge in [-0.2, -0.15) is 0 Å². The maximum atomic E-state index is 13.0. The lowest BCUT2D eigenvalue weighted by Crippen LogP contribution is -2.23. The molecule has 0 aliphatic heterocycles. The van der Waals surface area contributed by atoms with E-state index in [1.165, 1.54) is 35.2 Å². The van der Waals surface area contributed by atoms with Crippen molar-refractivity contribution in [1.29, 1.82) is 0 Å². The number of benzene rings is 1. The molecule has 0 aliphatic rings. The number of halogens is 1. The first kappa shape index (κ1) is 16.1. The summed E-state index contributed by atoms with van der Waals surface area (Å²) in [5.41, 5.74) is 1.60. The van der Waals surface area contributed by atoms with Crippen molar-refractivity contribution in [3.8, 4) is 0 Å². The fourth-order valence-corrected chi connectivity index (χ4v) is 4.19. The van der Waals surface area contributed by atoms with Gasteiger partial charge in [-0.3, -0.25) is 9.36 Å². The number of fused-ring (bicyclic) bond motifs is 1. The summed E-state index contributed by atoms with van der Waals surface area (Å²) in [5.74, 6) is 1.03. The van der Waals surface area contributed by atoms with Crippen LogP contribution in [0, 0.1) is 5.82 Å². The standard InChI is InChI=1S/C18H13FN2O2S2/c19-13-5-3-12(4-6-13)11-25-18-20-15-7-9-24-16(15)17(22)21(18)10-14-2-1-8-23-14/h1-9H,10-11H2. The highest BCUT2D eigenvalue weighted by Gasteiger charge is 2.14. The molecular formula is C18H13FN2O2S2. The molecule has 1 aromatic carbocycles. The highest BCUT2D eigenvalue weighted by Crippen LogP contribution is 2.24. The second-order valence-electron chi connectivity index (χ2n) is 5.42. The number of hydrogen-bond acceptors (Lipinski definition) is 5. The van der Waals surface area contributed by atoms with Gasteiger partial charge in [-0.05, 0) is 41.3 Å². The molecule has 3 heterocycles. The summed E-state index contributed by atoms with van der Waals surface area (Å²) < 4.78 is 20.7. The van der Waals surface area contributed by atoms with Crippen LogP contribution in [0.25, 0.3) is 10.2 Å². The number of hydrogen-bond donors (Lipinski definition) is 0. The van der Waals surface area contributed by atoms with E-state index in [-0.39, 0.29) is 11.4 Å². The predicted octanol–water partition coefficient (Wildman–Crippen LogP) is 4.53. The third kappa shape index (κ3) is 3.38. The van der Waals surface area contributed by atoms with Gasteiger partial charge in [-0.25, -0.2) is 9.37 Å². The quantitative estimate of drug-likeness (QED) is 0.381. The second kappa shape index (κ2) is 6.85. The SMILES string of the molecule is O=c1c2sccc2nc(SCc2ccc(F)cc2)n1Cc1ccco1. The van der Waals surface area contributed by atoms with Crippen molar-refractivity contribution in [2.45, 2.75) is 17.5 Å². The highest BCUT2D eigenvalue weighted by atomic mass is 32.2. The zero-order chi connectivity index (χ0) is 17.2. The molecule has 3 aromatic heterocycles. The van der Waals surface area contributed by atoms with Crippen LogP contribution < -0.4 is 5.56 Å². The molecule has 0 bridgehead atoms. The van der Waals surface area contributed by atoms with E-state index in [1.807, 2.05) is 17.5 Å². The first-order chi connectivity index (χ1) is 12.2. The average molecular weight is 372 g/mol. The first-order valence-corrected chi connectivity index (χ1v) is 9.45. The molecule has 7 heteroatoms. The predicted molar refractivity (Wildman–Crippen MR) is 97.7 cm³/mol. The van der Waals surface area contributed by atoms with Crippen molar-refractivity contribution in [2.75, 3.05) is 0 Å². The van der Waals surface area contributed by atoms with Crippen LogP contribution in [0.4, 0.5) is 4.39 Å². The van der Waals surface area contributed by atoms with E-state index in [2.05, 4.69) is 4.98 Å². The Morgan fingerprint density at radius 3 is 2.80 bits per heavy atom. The maximum Gasteiger partial charge on any atom is 0.272 e. The van der Waals surface area contributed by atoms with Crippen LogP contribution in [0.1, 0.15) is 11.3 Å². The Morgan fingerprint density at radius 1 is 1.20 bits per heavy atom. The fourth-order valence-electron chi connectivity index (χ4n) is 2.46. The van der Waals surface area contributed by atoms with Crippen molar-refractivity contribution in [3.05, 3.63) is 81.6 Å². The van der Waals surface area contributed by atoms with Gasteiger partial charge in [0.15, 0.2) is 5.16 Å². The van der Waals surface area contributed by atoms with Crippen LogP contribution in [0.15, 0.2) is 68.5 Å². The molecule has 0 unspecified atom stereocenters. The van der Waals surface area contributed by atoms with Crippen LogP contribution in [0.5, 0.6) is 0 Å². The van der Waals surface area contributed by atoms with Crippen LogP contribution >= 0.6 is 23.1 Å². The van der Waals surface area contributed by atoms with E-state index in [0.717, 1.165) is 5.56 Å². The summed E-state index contributed by atoms with van der Waals surface area (Å²) >= 11 is 2.84. The molecule has 0 atom stereocenters. The van der Waals surface area contributed by atoms with E-state index < -0.39 is 0 Å². The van der Waals surface area contributed by atoms with Crippen LogP contribution in [0.2, 0.25) is 0 Å². The number of rotatable bonds is 5. The van der Waals surface area contributed by atoms with Gasteiger partial charge in [0, 0.05) is 5.75 Å². The molecular weight excluding hydrogens is 359 g/mol. The molecule has 4 aromatic rings. The molecule has 0 radical (unpaired) electrons. The maximum absolute atomic E-state index is 13.0. The van der Waals surface area contributed by atoms with Crippen molar-refractivity contribution in [3.63, 3.8) is 0 Å². The van der Waals surface area contributed by atoms with E-state index in [1.54, 1.807) is 29.0 Å². The van der Waals surface area contributed by atoms with Gasteiger partial charge in [0.1, 0.15) is 16.3 Å². The lowest BCUT2D eigenvalue weighted by molar-refractivity contribution is 0.477. The molecule has 4 nitrogen and oxygen atoms in total. The van der Waals surface area contributed by atoms with Crippen molar-refractivity contribution >= 4 is 33.3 Å². The van der Waals surface area contributed by atoms with Crippen LogP contribution in [-0.4, -0.2) is 9.55 Å². The minimum atomic E-state index is -0.263. The number of furan rings is 1. The van der Waals surface area contributed by atoms with E-state index in [9.17, 15) is 9.18 Å². The molecule has 4 rings (SSSR count). The monoisotopic (exact) mass is 372 g/mol. The number of thiophene rings is 1. The molecule has 0 saturated heterocycles. The van der Waals surface area contributed by atoms with E-state index in [0.29, 0.717) is 33.4 Å². The summed E-state index contributed by atoms with van der Waals surface area (Å²) in [6.45, 7) is 0.332. The third-order valence-corrected chi connectivity index (χ3v) is 5.65. The molecule has 0 spiro atoms. The lowest BCUT2D eigenvalue weighted by Gasteiger charge is -2.11. The minimum Gasteiger partial charge on any atom is -0.467 e. The van der Waals surface area contributed by atoms with Crippen LogP contribution in [0.3, 0.4) is 0 Å². The lowest BCUT2D eigenvalue weighted by atomic mass is 10.2. The Labute approximate surface area is 150 Å². The van der Waals surface area contributed by atoms with Gasteiger partial charge in [0.05, 0.1) is 18.3 Å². The van der Waals surface area contributed by atoms with Gasteiger partial charge in [-0.1, -0.05) is 23.9 Å². The molecule has 0 N–H and O–H groups in total. The van der Waals surface area contributed by atoms with Gasteiger partial charge >= 0.3 is 0 Å². The summed E-state index contributed by atoms with van der Waals surface area (Å²) in [7, 11) is 0. The minimum absolute atomic E-state index is 0.0713. The summed E-state index contributed by atoms with van der Waals surface area (Å²) in [6, 6.07) is 11.8. The van der Waals surface area contributed by atoms with Gasteiger partial charge in [-0.15, -0.1) is 11.3 Å². The van der Waals surface area contributed by atoms with Crippen molar-refractivity contribution < 1.29 is 8.81 Å². The van der Waals surface area contributed by atoms with E-state index >= 15 is 0 Å². The molecule has 0 saturated carbocycles. The smallest absolute Gasteiger partial charge is 0.272 e. The fraction of sp³-hybridized carbons (Fsp3) is 0.111. The molecule has 0 fully saturated rings. The Morgan fingerprint density at radius 2 is 2.04 bits per heavy atom. The number of nitrogens with zero attached hydrogens (tertiary/aromatic N) is 2. The second-order valence-corrected chi connectivity index (χ2v) is 7.27. The van der Waals surface area contributed by atoms with Crippen LogP contribution in [-0.2, 0) is 12.3 Å². The van der Waals surface area contributed by atoms with Crippen molar-refractivity contribution in [2.24, 2.45) is 0 Å². The topological polar surface area (TPSA) is 48.0 Å². The Bertz CT molecular complexity index is 1050. The number of thioether (sulfide) groups is 1. The number of aromatic nitrogens is 2. The summed E-state index contributed by atoms with van der Waals surface area (Å²) in [6.07, 6.45) is 1.59. The van der Waals surface area contributed by atoms with E-state index in [4.69, 9.17) is 4.42 Å². The Hall–Kier alpha value is -2.38. The summed E-state index contributed by atoms with van der Waals surface area (Å²) in [5, 5.41) is 2.49. The van der Waals surface area contributed by atoms with Gasteiger partial charge in [0.2, 0.25) is 0 Å². The molecule has 25 heavy (non-hydrogen) atoms. The Balaban J connectivity index is 1.70. The zero-order valence-corrected chi connectivity index (χ0v) is 14.6. The summed E-state index contributed by atoms with van der Waals surface area (Å²) in [4.78, 5) is 17.5. The average Bonchev–Trinajstić information content (AvgIpc) is 3.29. The normalized spacial score (nSPS) is 11.2. The Kier molecular flexibility index (Phi) is 4.42. The third-order valence-electron chi connectivity index (χ3n) is 3.71. The van der Waals surface area contributed by atoms with Crippen molar-refractivity contribution in [1.82, 2.24) is 9.55 Å². The largest absolute Gasteiger partial charge is 0.467 e. The van der Waals surface area contributed by atoms with Gasteiger partial charge in [0.25, 0.3) is 5.56 Å². The highest BCUT2D eigenvalue weighted by molar-refractivity contribution is 7.98. The molecule has 0 aliphatic carbocycles. The molecule has 126 valence electrons. The zero-order valence-electron chi connectivity index (χ0n) is 13.0. The van der Waals surface area contributed by atoms with Gasteiger partial charge < -0.3 is 4.42 Å². The first-order valence-electron chi connectivity index (χ1n) is 7.58. The molecule has 0 amide bonds.